The smallest absolute Gasteiger partial charge is 0.0558 e. The molecule has 0 aromatic heterocycles. The average Bonchev–Trinajstić information content (AvgIpc) is 2.45. The van der Waals surface area contributed by atoms with Crippen LogP contribution in [0.25, 0.3) is 0 Å². The lowest BCUT2D eigenvalue weighted by atomic mass is 10.2. The summed E-state index contributed by atoms with van der Waals surface area (Å²) < 4.78 is 0. The van der Waals surface area contributed by atoms with Crippen LogP contribution >= 0.6 is 0 Å². The van der Waals surface area contributed by atoms with Crippen molar-refractivity contribution in [1.82, 2.24) is 9.80 Å². The van der Waals surface area contributed by atoms with Gasteiger partial charge in [0.15, 0.2) is 0 Å². The van der Waals surface area contributed by atoms with Gasteiger partial charge in [0.25, 0.3) is 0 Å². The number of nitrogens with zero attached hydrogens (tertiary/aromatic N) is 2. The zero-order valence-corrected chi connectivity index (χ0v) is 10.1. The van der Waals surface area contributed by atoms with Gasteiger partial charge in [0.05, 0.1) is 6.61 Å². The first-order valence-corrected chi connectivity index (χ1v) is 6.42. The molecule has 1 fully saturated rings. The Labute approximate surface area is 94.1 Å². The van der Waals surface area contributed by atoms with Gasteiger partial charge in [-0.15, -0.1) is 0 Å². The average molecular weight is 214 g/mol. The molecular weight excluding hydrogens is 188 g/mol. The Kier molecular flexibility index (Phi) is 6.98. The normalized spacial score (nSPS) is 20.4. The zero-order valence-electron chi connectivity index (χ0n) is 10.1. The van der Waals surface area contributed by atoms with E-state index in [1.54, 1.807) is 0 Å². The summed E-state index contributed by atoms with van der Waals surface area (Å²) in [5, 5.41) is 8.89. The van der Waals surface area contributed by atoms with Crippen LogP contribution in [0, 0.1) is 0 Å². The lowest BCUT2D eigenvalue weighted by molar-refractivity contribution is 0.196. The van der Waals surface area contributed by atoms with Crippen LogP contribution in [0.5, 0.6) is 0 Å². The minimum absolute atomic E-state index is 0.301. The van der Waals surface area contributed by atoms with Gasteiger partial charge < -0.3 is 10.0 Å². The Morgan fingerprint density at radius 1 is 0.933 bits per heavy atom. The van der Waals surface area contributed by atoms with Crippen LogP contribution in [0.2, 0.25) is 0 Å². The lowest BCUT2D eigenvalue weighted by Gasteiger charge is -2.20. The van der Waals surface area contributed by atoms with Crippen molar-refractivity contribution in [1.29, 1.82) is 0 Å². The highest BCUT2D eigenvalue weighted by atomic mass is 16.3. The zero-order chi connectivity index (χ0) is 10.9. The fourth-order valence-electron chi connectivity index (χ4n) is 2.20. The highest BCUT2D eigenvalue weighted by Gasteiger charge is 2.13. The van der Waals surface area contributed by atoms with Gasteiger partial charge in [-0.1, -0.05) is 19.8 Å². The van der Waals surface area contributed by atoms with Crippen LogP contribution in [0.1, 0.15) is 32.6 Å². The first kappa shape index (κ1) is 12.9. The van der Waals surface area contributed by atoms with Crippen molar-refractivity contribution < 1.29 is 5.11 Å². The highest BCUT2D eigenvalue weighted by Crippen LogP contribution is 2.05. The molecule has 0 atom stereocenters. The van der Waals surface area contributed by atoms with Gasteiger partial charge in [-0.05, 0) is 32.5 Å². The van der Waals surface area contributed by atoms with Crippen molar-refractivity contribution in [3.8, 4) is 0 Å². The van der Waals surface area contributed by atoms with Gasteiger partial charge in [-0.2, -0.15) is 0 Å². The van der Waals surface area contributed by atoms with Gasteiger partial charge in [-0.25, -0.2) is 0 Å². The molecule has 0 spiro atoms. The minimum atomic E-state index is 0.301. The molecule has 90 valence electrons. The number of hydrogen-bond donors (Lipinski definition) is 1. The monoisotopic (exact) mass is 214 g/mol. The number of β-amino-alcohol motifs (C(OH)–C–C–N with tert-alkyl or cyclic N) is 1. The Balaban J connectivity index is 2.14. The molecule has 3 heteroatoms. The maximum absolute atomic E-state index is 8.89. The Morgan fingerprint density at radius 2 is 1.60 bits per heavy atom. The van der Waals surface area contributed by atoms with Crippen molar-refractivity contribution >= 4 is 0 Å². The second-order valence-electron chi connectivity index (χ2n) is 4.47. The van der Waals surface area contributed by atoms with Gasteiger partial charge >= 0.3 is 0 Å². The number of aliphatic hydroxyl groups is 1. The molecule has 1 aliphatic heterocycles. The standard InChI is InChI=1S/C12H26N2O/c1-2-3-4-6-13-7-5-8-14(10-9-13)11-12-15/h15H,2-12H2,1H3. The third kappa shape index (κ3) is 5.50. The van der Waals surface area contributed by atoms with Crippen LogP contribution in [0.15, 0.2) is 0 Å². The van der Waals surface area contributed by atoms with E-state index in [1.165, 1.54) is 45.3 Å². The summed E-state index contributed by atoms with van der Waals surface area (Å²) in [6.45, 7) is 9.39. The van der Waals surface area contributed by atoms with Crippen LogP contribution < -0.4 is 0 Å². The fourth-order valence-corrected chi connectivity index (χ4v) is 2.20. The van der Waals surface area contributed by atoms with E-state index in [2.05, 4.69) is 16.7 Å². The van der Waals surface area contributed by atoms with Crippen molar-refractivity contribution in [2.75, 3.05) is 45.9 Å². The summed E-state index contributed by atoms with van der Waals surface area (Å²) in [7, 11) is 0. The third-order valence-electron chi connectivity index (χ3n) is 3.18. The van der Waals surface area contributed by atoms with E-state index >= 15 is 0 Å². The largest absolute Gasteiger partial charge is 0.395 e. The van der Waals surface area contributed by atoms with Gasteiger partial charge in [-0.3, -0.25) is 4.90 Å². The summed E-state index contributed by atoms with van der Waals surface area (Å²) in [5.41, 5.74) is 0. The molecule has 0 aliphatic carbocycles. The maximum Gasteiger partial charge on any atom is 0.0558 e. The Morgan fingerprint density at radius 3 is 2.20 bits per heavy atom. The van der Waals surface area contributed by atoms with E-state index in [9.17, 15) is 0 Å². The molecule has 1 aliphatic rings. The fraction of sp³-hybridized carbons (Fsp3) is 1.00. The predicted molar refractivity (Wildman–Crippen MR) is 64.1 cm³/mol. The van der Waals surface area contributed by atoms with Gasteiger partial charge in [0.1, 0.15) is 0 Å². The first-order valence-electron chi connectivity index (χ1n) is 6.42. The molecule has 0 bridgehead atoms. The van der Waals surface area contributed by atoms with Crippen LogP contribution in [0.4, 0.5) is 0 Å². The predicted octanol–water partition coefficient (Wildman–Crippen LogP) is 1.18. The van der Waals surface area contributed by atoms with Crippen molar-refractivity contribution in [3.05, 3.63) is 0 Å². The number of unbranched alkanes of at least 4 members (excludes halogenated alkanes) is 2. The first-order chi connectivity index (χ1) is 7.36. The number of rotatable bonds is 6. The Bertz CT molecular complexity index is 153. The summed E-state index contributed by atoms with van der Waals surface area (Å²) in [6.07, 6.45) is 5.27. The van der Waals surface area contributed by atoms with Crippen molar-refractivity contribution in [2.45, 2.75) is 32.6 Å². The maximum atomic E-state index is 8.89. The summed E-state index contributed by atoms with van der Waals surface area (Å²) in [4.78, 5) is 4.95. The topological polar surface area (TPSA) is 26.7 Å². The molecule has 0 amide bonds. The molecule has 0 unspecified atom stereocenters. The van der Waals surface area contributed by atoms with Crippen molar-refractivity contribution in [3.63, 3.8) is 0 Å². The van der Waals surface area contributed by atoms with Crippen LogP contribution in [0.3, 0.4) is 0 Å². The number of hydrogen-bond acceptors (Lipinski definition) is 3. The summed E-state index contributed by atoms with van der Waals surface area (Å²) >= 11 is 0. The quantitative estimate of drug-likeness (QED) is 0.673. The molecule has 1 saturated heterocycles. The molecule has 15 heavy (non-hydrogen) atoms. The molecule has 0 saturated carbocycles. The Hall–Kier alpha value is -0.120. The molecule has 0 radical (unpaired) electrons. The molecular formula is C12H26N2O. The SMILES string of the molecule is CCCCCN1CCCN(CCO)CC1. The van der Waals surface area contributed by atoms with Gasteiger partial charge in [0, 0.05) is 19.6 Å². The van der Waals surface area contributed by atoms with Crippen LogP contribution in [-0.2, 0) is 0 Å². The molecule has 1 heterocycles. The minimum Gasteiger partial charge on any atom is -0.395 e. The lowest BCUT2D eigenvalue weighted by Crippen LogP contribution is -2.32. The molecule has 1 N–H and O–H groups in total. The second-order valence-corrected chi connectivity index (χ2v) is 4.47. The van der Waals surface area contributed by atoms with E-state index in [0.717, 1.165) is 19.6 Å². The number of aliphatic hydroxyl groups excluding tert-OH is 1. The van der Waals surface area contributed by atoms with E-state index in [-0.39, 0.29) is 0 Å². The second kappa shape index (κ2) is 8.08. The van der Waals surface area contributed by atoms with E-state index in [1.807, 2.05) is 0 Å². The van der Waals surface area contributed by atoms with Crippen molar-refractivity contribution in [2.24, 2.45) is 0 Å². The third-order valence-corrected chi connectivity index (χ3v) is 3.18. The van der Waals surface area contributed by atoms with Crippen LogP contribution in [-0.4, -0.2) is 60.8 Å². The molecule has 3 nitrogen and oxygen atoms in total. The molecule has 0 aromatic carbocycles. The van der Waals surface area contributed by atoms with Gasteiger partial charge in [0.2, 0.25) is 0 Å². The molecule has 1 rings (SSSR count). The van der Waals surface area contributed by atoms with E-state index in [4.69, 9.17) is 5.11 Å². The summed E-state index contributed by atoms with van der Waals surface area (Å²) in [5.74, 6) is 0. The summed E-state index contributed by atoms with van der Waals surface area (Å²) in [6, 6.07) is 0. The van der Waals surface area contributed by atoms with E-state index in [0.29, 0.717) is 6.61 Å². The highest BCUT2D eigenvalue weighted by molar-refractivity contribution is 4.69. The van der Waals surface area contributed by atoms with E-state index < -0.39 is 0 Å². The molecule has 0 aromatic rings.